The monoisotopic (exact) mass is 432 g/mol. The van der Waals surface area contributed by atoms with Crippen LogP contribution in [-0.2, 0) is 0 Å². The molecule has 3 aromatic carbocycles. The summed E-state index contributed by atoms with van der Waals surface area (Å²) in [6.07, 6.45) is 1.38. The molecule has 0 fully saturated rings. The quantitative estimate of drug-likeness (QED) is 0.322. The minimum atomic E-state index is -0.602. The predicted octanol–water partition coefficient (Wildman–Crippen LogP) is 4.71. The van der Waals surface area contributed by atoms with Crippen LogP contribution in [0.2, 0.25) is 0 Å². The second-order valence-corrected chi connectivity index (χ2v) is 6.83. The van der Waals surface area contributed by atoms with Crippen molar-refractivity contribution in [3.05, 3.63) is 82.7 Å². The lowest BCUT2D eigenvalue weighted by Gasteiger charge is -2.10. The van der Waals surface area contributed by atoms with Gasteiger partial charge in [-0.2, -0.15) is 0 Å². The van der Waals surface area contributed by atoms with E-state index in [1.807, 2.05) is 12.1 Å². The molecule has 0 saturated heterocycles. The van der Waals surface area contributed by atoms with Gasteiger partial charge in [0.1, 0.15) is 34.8 Å². The molecule has 32 heavy (non-hydrogen) atoms. The topological polar surface area (TPSA) is 84.2 Å². The van der Waals surface area contributed by atoms with Crippen LogP contribution in [0.25, 0.3) is 22.1 Å². The van der Waals surface area contributed by atoms with E-state index in [-0.39, 0.29) is 16.7 Å². The van der Waals surface area contributed by atoms with Gasteiger partial charge < -0.3 is 23.4 Å². The largest absolute Gasteiger partial charge is 0.497 e. The maximum atomic E-state index is 13.0. The number of methoxy groups -OCH3 is 3. The van der Waals surface area contributed by atoms with Gasteiger partial charge in [0.05, 0.1) is 37.8 Å². The summed E-state index contributed by atoms with van der Waals surface area (Å²) in [5, 5.41) is 0.358. The summed E-state index contributed by atoms with van der Waals surface area (Å²) in [4.78, 5) is 25.7. The first-order valence-electron chi connectivity index (χ1n) is 9.68. The molecule has 0 atom stereocenters. The third-order valence-corrected chi connectivity index (χ3v) is 4.94. The number of para-hydroxylation sites is 1. The Bertz CT molecular complexity index is 1330. The van der Waals surface area contributed by atoms with Crippen LogP contribution < -0.4 is 24.4 Å². The highest BCUT2D eigenvalue weighted by atomic mass is 16.5. The van der Waals surface area contributed by atoms with Crippen molar-refractivity contribution in [2.75, 3.05) is 21.3 Å². The first-order chi connectivity index (χ1) is 15.5. The predicted molar refractivity (Wildman–Crippen MR) is 119 cm³/mol. The summed E-state index contributed by atoms with van der Waals surface area (Å²) in [6, 6.07) is 16.6. The Morgan fingerprint density at radius 2 is 1.50 bits per heavy atom. The lowest BCUT2D eigenvalue weighted by Crippen LogP contribution is -2.10. The zero-order valence-electron chi connectivity index (χ0n) is 17.7. The van der Waals surface area contributed by atoms with E-state index in [0.29, 0.717) is 39.3 Å². The van der Waals surface area contributed by atoms with E-state index in [0.717, 1.165) is 0 Å². The van der Waals surface area contributed by atoms with Crippen molar-refractivity contribution >= 4 is 16.9 Å². The van der Waals surface area contributed by atoms with Crippen LogP contribution in [0.1, 0.15) is 10.4 Å². The molecule has 0 N–H and O–H groups in total. The number of hydrogen-bond acceptors (Lipinski definition) is 7. The van der Waals surface area contributed by atoms with Crippen molar-refractivity contribution in [1.82, 2.24) is 0 Å². The molecule has 0 saturated carbocycles. The van der Waals surface area contributed by atoms with E-state index < -0.39 is 5.97 Å². The number of ether oxygens (including phenoxy) is 4. The Hall–Kier alpha value is -4.26. The maximum absolute atomic E-state index is 13.0. The van der Waals surface area contributed by atoms with Crippen LogP contribution in [0.4, 0.5) is 0 Å². The fourth-order valence-electron chi connectivity index (χ4n) is 3.32. The molecule has 7 heteroatoms. The van der Waals surface area contributed by atoms with Crippen LogP contribution in [0.5, 0.6) is 23.0 Å². The fourth-order valence-corrected chi connectivity index (χ4v) is 3.32. The normalized spacial score (nSPS) is 10.6. The van der Waals surface area contributed by atoms with Gasteiger partial charge in [-0.3, -0.25) is 4.79 Å². The highest BCUT2D eigenvalue weighted by molar-refractivity contribution is 5.93. The van der Waals surface area contributed by atoms with E-state index >= 15 is 0 Å². The van der Waals surface area contributed by atoms with Gasteiger partial charge in [0.15, 0.2) is 0 Å². The second-order valence-electron chi connectivity index (χ2n) is 6.83. The van der Waals surface area contributed by atoms with Gasteiger partial charge in [-0.1, -0.05) is 18.2 Å². The van der Waals surface area contributed by atoms with Gasteiger partial charge in [0.2, 0.25) is 5.43 Å². The van der Waals surface area contributed by atoms with Gasteiger partial charge >= 0.3 is 5.97 Å². The Morgan fingerprint density at radius 3 is 2.19 bits per heavy atom. The molecule has 0 radical (unpaired) electrons. The molecule has 7 nitrogen and oxygen atoms in total. The third-order valence-electron chi connectivity index (χ3n) is 4.94. The summed E-state index contributed by atoms with van der Waals surface area (Å²) in [7, 11) is 4.53. The van der Waals surface area contributed by atoms with Crippen LogP contribution in [0.3, 0.4) is 0 Å². The lowest BCUT2D eigenvalue weighted by molar-refractivity contribution is 0.0734. The molecule has 0 bridgehead atoms. The summed E-state index contributed by atoms with van der Waals surface area (Å²) in [5.74, 6) is 1.12. The molecule has 1 aromatic heterocycles. The first-order valence-corrected chi connectivity index (χ1v) is 9.68. The number of carbonyl (C=O) groups excluding carboxylic acids is 1. The summed E-state index contributed by atoms with van der Waals surface area (Å²) >= 11 is 0. The minimum absolute atomic E-state index is 0.217. The molecule has 0 aliphatic heterocycles. The number of fused-ring (bicyclic) bond motifs is 1. The Labute approximate surface area is 183 Å². The molecular weight excluding hydrogens is 412 g/mol. The molecular formula is C25H20O7. The molecule has 0 aliphatic carbocycles. The Kier molecular flexibility index (Phi) is 5.81. The zero-order chi connectivity index (χ0) is 22.7. The number of carbonyl (C=O) groups is 1. The standard InChI is InChI=1S/C25H20O7/c1-28-17-10-15(11-18(12-17)29-2)25(27)32-16-8-9-20-23(13-16)31-14-21(24(20)26)19-6-4-5-7-22(19)30-3/h4-14H,1-3H3. The molecule has 4 aromatic rings. The van der Waals surface area contributed by atoms with E-state index in [9.17, 15) is 9.59 Å². The van der Waals surface area contributed by atoms with Gasteiger partial charge in [-0.05, 0) is 30.3 Å². The molecule has 0 unspecified atom stereocenters. The molecule has 4 rings (SSSR count). The average Bonchev–Trinajstić information content (AvgIpc) is 2.83. The zero-order valence-corrected chi connectivity index (χ0v) is 17.7. The highest BCUT2D eigenvalue weighted by Gasteiger charge is 2.16. The van der Waals surface area contributed by atoms with E-state index in [4.69, 9.17) is 23.4 Å². The number of esters is 1. The Morgan fingerprint density at radius 1 is 0.781 bits per heavy atom. The van der Waals surface area contributed by atoms with Gasteiger partial charge in [0.25, 0.3) is 0 Å². The van der Waals surface area contributed by atoms with Crippen molar-refractivity contribution < 1.29 is 28.2 Å². The molecule has 1 heterocycles. The van der Waals surface area contributed by atoms with Gasteiger partial charge in [-0.15, -0.1) is 0 Å². The fraction of sp³-hybridized carbons (Fsp3) is 0.120. The Balaban J connectivity index is 1.66. The van der Waals surface area contributed by atoms with Crippen LogP contribution in [-0.4, -0.2) is 27.3 Å². The first kappa shape index (κ1) is 21.0. The average molecular weight is 432 g/mol. The summed E-state index contributed by atoms with van der Waals surface area (Å²) in [6.45, 7) is 0. The summed E-state index contributed by atoms with van der Waals surface area (Å²) in [5.41, 5.74) is 1.35. The van der Waals surface area contributed by atoms with Crippen molar-refractivity contribution in [1.29, 1.82) is 0 Å². The van der Waals surface area contributed by atoms with Gasteiger partial charge in [0, 0.05) is 17.7 Å². The van der Waals surface area contributed by atoms with Crippen molar-refractivity contribution in [3.63, 3.8) is 0 Å². The lowest BCUT2D eigenvalue weighted by atomic mass is 10.0. The van der Waals surface area contributed by atoms with E-state index in [1.54, 1.807) is 49.6 Å². The third kappa shape index (κ3) is 4.00. The van der Waals surface area contributed by atoms with Crippen molar-refractivity contribution in [2.45, 2.75) is 0 Å². The molecule has 0 aliphatic rings. The number of hydrogen-bond donors (Lipinski definition) is 0. The maximum Gasteiger partial charge on any atom is 0.343 e. The number of benzene rings is 3. The van der Waals surface area contributed by atoms with Crippen molar-refractivity contribution in [2.24, 2.45) is 0 Å². The summed E-state index contributed by atoms with van der Waals surface area (Å²) < 4.78 is 26.9. The minimum Gasteiger partial charge on any atom is -0.497 e. The van der Waals surface area contributed by atoms with Crippen LogP contribution in [0, 0.1) is 0 Å². The van der Waals surface area contributed by atoms with Gasteiger partial charge in [-0.25, -0.2) is 4.79 Å². The van der Waals surface area contributed by atoms with E-state index in [2.05, 4.69) is 0 Å². The highest BCUT2D eigenvalue weighted by Crippen LogP contribution is 2.30. The van der Waals surface area contributed by atoms with Crippen LogP contribution in [0.15, 0.2) is 76.1 Å². The number of rotatable bonds is 6. The SMILES string of the molecule is COc1cc(OC)cc(C(=O)Oc2ccc3c(=O)c(-c4ccccc4OC)coc3c2)c1. The second kappa shape index (κ2) is 8.85. The smallest absolute Gasteiger partial charge is 0.343 e. The molecule has 0 amide bonds. The van der Waals surface area contributed by atoms with Crippen LogP contribution >= 0.6 is 0 Å². The van der Waals surface area contributed by atoms with E-state index in [1.165, 1.54) is 26.5 Å². The van der Waals surface area contributed by atoms with Crippen molar-refractivity contribution in [3.8, 4) is 34.1 Å². The molecule has 0 spiro atoms. The molecule has 162 valence electrons.